The molecule has 0 fully saturated rings. The lowest BCUT2D eigenvalue weighted by Gasteiger charge is -2.31. The van der Waals surface area contributed by atoms with Gasteiger partial charge in [-0.25, -0.2) is 0 Å². The van der Waals surface area contributed by atoms with Crippen molar-refractivity contribution in [2.75, 3.05) is 0 Å². The molecular weight excluding hydrogens is 1410 g/mol. The Kier molecular flexibility index (Phi) is 14.2. The molecule has 2 aliphatic heterocycles. The number of nitrogens with zero attached hydrogens (tertiary/aromatic N) is 4. The summed E-state index contributed by atoms with van der Waals surface area (Å²) < 4.78 is 9.82. The molecule has 4 nitrogen and oxygen atoms in total. The molecule has 0 aliphatic carbocycles. The van der Waals surface area contributed by atoms with Crippen molar-refractivity contribution in [2.24, 2.45) is 0 Å². The fourth-order valence-electron chi connectivity index (χ4n) is 20.6. The standard InChI is InChI=1S/C108H70N4Si2/c1-2-26-80(27-3-1)113(104-44-18-9-32-89(104)90-33-10-19-45-105(90)113)81-60-50-72(51-61-81)71-48-54-76(55-49-71)109-98-40-15-6-31-88(98)95-70-79(59-67-101(95)109)112-100-42-17-8-36-93(100)108-84(37-23-43-103(108)112)75-25-22-24-74(68-75)73-52-62-82(63-53-73)114(106-46-20-11-34-91(106)92-35-12-21-47-107(92)114)83-64-56-77(57-65-83)110-99-41-16-7-30-87(99)94-69-78(58-66-102(94)110)111-96-38-13-4-28-85(96)86-29-5-14-39-97(86)111/h1-70H. The second kappa shape index (κ2) is 25.1. The summed E-state index contributed by atoms with van der Waals surface area (Å²) in [5, 5.41) is 21.2. The summed E-state index contributed by atoms with van der Waals surface area (Å²) in [7, 11) is -5.47. The summed E-state index contributed by atoms with van der Waals surface area (Å²) in [5.41, 5.74) is 26.6. The molecule has 2 aliphatic rings. The third-order valence-corrected chi connectivity index (χ3v) is 35.2. The van der Waals surface area contributed by atoms with E-state index in [1.807, 2.05) is 0 Å². The minimum atomic E-state index is -2.89. The molecule has 0 amide bonds. The van der Waals surface area contributed by atoms with Crippen molar-refractivity contribution in [1.82, 2.24) is 18.3 Å². The van der Waals surface area contributed by atoms with Crippen LogP contribution in [0.4, 0.5) is 0 Å². The van der Waals surface area contributed by atoms with Gasteiger partial charge in [-0.05, 0) is 200 Å². The largest absolute Gasteiger partial charge is 0.309 e. The molecule has 6 heteroatoms. The third kappa shape index (κ3) is 9.20. The summed E-state index contributed by atoms with van der Waals surface area (Å²) in [6.45, 7) is 0. The molecule has 530 valence electrons. The smallest absolute Gasteiger partial charge is 0.180 e. The Morgan fingerprint density at radius 3 is 0.886 bits per heavy atom. The Morgan fingerprint density at radius 1 is 0.149 bits per heavy atom. The highest BCUT2D eigenvalue weighted by Crippen LogP contribution is 2.44. The molecular formula is C108H70N4Si2. The molecule has 0 N–H and O–H groups in total. The molecule has 114 heavy (non-hydrogen) atoms. The van der Waals surface area contributed by atoms with Crippen LogP contribution in [-0.4, -0.2) is 34.4 Å². The van der Waals surface area contributed by atoms with Crippen molar-refractivity contribution in [3.05, 3.63) is 425 Å². The van der Waals surface area contributed by atoms with Gasteiger partial charge >= 0.3 is 0 Å². The Labute approximate surface area is 661 Å². The summed E-state index contributed by atoms with van der Waals surface area (Å²) in [6.07, 6.45) is 0. The second-order valence-corrected chi connectivity index (χ2v) is 38.4. The van der Waals surface area contributed by atoms with Crippen LogP contribution in [0.2, 0.25) is 0 Å². The molecule has 18 aromatic carbocycles. The maximum atomic E-state index is 2.48. The van der Waals surface area contributed by atoms with E-state index in [4.69, 9.17) is 0 Å². The number of hydrogen-bond donors (Lipinski definition) is 0. The van der Waals surface area contributed by atoms with Crippen LogP contribution >= 0.6 is 0 Å². The first kappa shape index (κ1) is 64.4. The highest BCUT2D eigenvalue weighted by Gasteiger charge is 2.50. The van der Waals surface area contributed by atoms with Crippen LogP contribution < -0.4 is 41.5 Å². The van der Waals surface area contributed by atoms with Gasteiger partial charge in [0, 0.05) is 65.8 Å². The van der Waals surface area contributed by atoms with Crippen LogP contribution in [0.5, 0.6) is 0 Å². The topological polar surface area (TPSA) is 19.7 Å². The van der Waals surface area contributed by atoms with E-state index in [-0.39, 0.29) is 0 Å². The van der Waals surface area contributed by atoms with Gasteiger partial charge in [0.2, 0.25) is 0 Å². The van der Waals surface area contributed by atoms with E-state index in [9.17, 15) is 0 Å². The predicted molar refractivity (Wildman–Crippen MR) is 485 cm³/mol. The zero-order valence-electron chi connectivity index (χ0n) is 62.2. The number of aromatic nitrogens is 4. The highest BCUT2D eigenvalue weighted by molar-refractivity contribution is 7.23. The summed E-state index contributed by atoms with van der Waals surface area (Å²) in [5.74, 6) is 0. The maximum Gasteiger partial charge on any atom is 0.180 e. The molecule has 0 saturated carbocycles. The van der Waals surface area contributed by atoms with E-state index >= 15 is 0 Å². The molecule has 0 bridgehead atoms. The SMILES string of the molecule is c1ccc([Si]2(c3ccc(-c4ccc(-n5c6ccccc6c6cc(-n7c8ccccc8c8c(-c9cccc(-c%10ccc([Si]%11(c%12ccc(-n%13c%14ccccc%14c%14cc(-n%15c%16ccccc%16c%16ccccc%16%15)ccc%14%13)cc%12)c%12ccccc%12-c%12ccccc%12%11)cc%10)c9)cccc87)ccc65)cc4)cc3)c3ccccc3-c3ccccc32)cc1. The number of para-hydroxylation sites is 5. The minimum absolute atomic E-state index is 1.13. The fourth-order valence-corrected chi connectivity index (χ4v) is 30.9. The number of benzene rings is 18. The lowest BCUT2D eigenvalue weighted by atomic mass is 9.96. The van der Waals surface area contributed by atoms with Crippen molar-refractivity contribution in [3.63, 3.8) is 0 Å². The quantitative estimate of drug-likeness (QED) is 0.115. The van der Waals surface area contributed by atoms with Gasteiger partial charge in [0.15, 0.2) is 16.1 Å². The van der Waals surface area contributed by atoms with E-state index in [0.29, 0.717) is 0 Å². The summed E-state index contributed by atoms with van der Waals surface area (Å²) >= 11 is 0. The Balaban J connectivity index is 0.562. The van der Waals surface area contributed by atoms with Crippen LogP contribution in [0.3, 0.4) is 0 Å². The predicted octanol–water partition coefficient (Wildman–Crippen LogP) is 21.8. The van der Waals surface area contributed by atoms with Gasteiger partial charge in [-0.15, -0.1) is 0 Å². The van der Waals surface area contributed by atoms with E-state index in [2.05, 4.69) is 443 Å². The van der Waals surface area contributed by atoms with Gasteiger partial charge in [-0.2, -0.15) is 0 Å². The zero-order valence-corrected chi connectivity index (χ0v) is 64.2. The second-order valence-electron chi connectivity index (χ2n) is 30.9. The Morgan fingerprint density at radius 2 is 0.430 bits per heavy atom. The minimum Gasteiger partial charge on any atom is -0.309 e. The maximum absolute atomic E-state index is 2.89. The van der Waals surface area contributed by atoms with Crippen molar-refractivity contribution in [2.45, 2.75) is 0 Å². The first-order valence-corrected chi connectivity index (χ1v) is 43.6. The fraction of sp³-hybridized carbons (Fsp3) is 0. The van der Waals surface area contributed by atoms with Crippen molar-refractivity contribution in [1.29, 1.82) is 0 Å². The highest BCUT2D eigenvalue weighted by atomic mass is 28.3. The normalized spacial score (nSPS) is 13.2. The van der Waals surface area contributed by atoms with E-state index in [0.717, 1.165) is 22.7 Å². The van der Waals surface area contributed by atoms with E-state index < -0.39 is 16.1 Å². The average Bonchev–Trinajstić information content (AvgIpc) is 1.54. The molecule has 6 heterocycles. The van der Waals surface area contributed by atoms with Gasteiger partial charge in [0.05, 0.1) is 44.1 Å². The van der Waals surface area contributed by atoms with Gasteiger partial charge in [0.25, 0.3) is 0 Å². The molecule has 22 aromatic rings. The summed E-state index contributed by atoms with van der Waals surface area (Å²) in [6, 6.07) is 161. The van der Waals surface area contributed by atoms with Crippen molar-refractivity contribution in [3.8, 4) is 78.4 Å². The van der Waals surface area contributed by atoms with Gasteiger partial charge < -0.3 is 18.3 Å². The first-order valence-electron chi connectivity index (χ1n) is 39.6. The van der Waals surface area contributed by atoms with Crippen molar-refractivity contribution < 1.29 is 0 Å². The van der Waals surface area contributed by atoms with E-state index in [1.54, 1.807) is 0 Å². The van der Waals surface area contributed by atoms with Crippen molar-refractivity contribution >= 4 is 145 Å². The number of rotatable bonds is 11. The Hall–Kier alpha value is -14.4. The third-order valence-electron chi connectivity index (χ3n) is 25.4. The van der Waals surface area contributed by atoms with Crippen LogP contribution in [0.15, 0.2) is 425 Å². The molecule has 4 aromatic heterocycles. The van der Waals surface area contributed by atoms with Gasteiger partial charge in [0.1, 0.15) is 0 Å². The van der Waals surface area contributed by atoms with Crippen LogP contribution in [-0.2, 0) is 0 Å². The number of hydrogen-bond acceptors (Lipinski definition) is 0. The van der Waals surface area contributed by atoms with Gasteiger partial charge in [-0.1, -0.05) is 322 Å². The lowest BCUT2D eigenvalue weighted by Crippen LogP contribution is -2.72. The molecule has 24 rings (SSSR count). The molecule has 0 spiro atoms. The Bertz CT molecular complexity index is 7560. The lowest BCUT2D eigenvalue weighted by molar-refractivity contribution is 1.17. The molecule has 0 atom stereocenters. The summed E-state index contributed by atoms with van der Waals surface area (Å²) in [4.78, 5) is 0. The van der Waals surface area contributed by atoms with Crippen LogP contribution in [0.25, 0.3) is 166 Å². The van der Waals surface area contributed by atoms with Crippen LogP contribution in [0.1, 0.15) is 0 Å². The molecule has 0 saturated heterocycles. The molecule has 0 radical (unpaired) electrons. The van der Waals surface area contributed by atoms with E-state index in [1.165, 1.54) is 184 Å². The average molecular weight is 1480 g/mol. The van der Waals surface area contributed by atoms with Gasteiger partial charge in [-0.3, -0.25) is 0 Å². The zero-order chi connectivity index (χ0) is 74.7. The molecule has 0 unspecified atom stereocenters. The number of fused-ring (bicyclic) bond motifs is 18. The monoisotopic (exact) mass is 1480 g/mol. The first-order chi connectivity index (χ1) is 56.6. The van der Waals surface area contributed by atoms with Crippen LogP contribution in [0, 0.1) is 0 Å².